The van der Waals surface area contributed by atoms with Gasteiger partial charge in [0.15, 0.2) is 5.54 Å². The summed E-state index contributed by atoms with van der Waals surface area (Å²) in [7, 11) is 0. The Hall–Kier alpha value is -2.61. The second-order valence-corrected chi connectivity index (χ2v) is 7.60. The number of rotatable bonds is 4. The van der Waals surface area contributed by atoms with Crippen molar-refractivity contribution in [3.63, 3.8) is 0 Å². The Kier molecular flexibility index (Phi) is 4.97. The Labute approximate surface area is 164 Å². The molecule has 8 heteroatoms. The third-order valence-corrected chi connectivity index (χ3v) is 5.96. The molecule has 0 radical (unpaired) electrons. The molecule has 3 aliphatic heterocycles. The molecule has 1 spiro atoms. The number of benzene rings is 1. The average molecular weight is 386 g/mol. The van der Waals surface area contributed by atoms with Gasteiger partial charge in [-0.05, 0) is 25.5 Å². The quantitative estimate of drug-likeness (QED) is 0.748. The lowest BCUT2D eigenvalue weighted by Crippen LogP contribution is -2.49. The number of hydrogen-bond donors (Lipinski definition) is 2. The van der Waals surface area contributed by atoms with E-state index in [0.717, 1.165) is 37.4 Å². The van der Waals surface area contributed by atoms with E-state index in [4.69, 9.17) is 4.74 Å². The van der Waals surface area contributed by atoms with Crippen molar-refractivity contribution >= 4 is 17.8 Å². The van der Waals surface area contributed by atoms with Gasteiger partial charge < -0.3 is 20.3 Å². The maximum absolute atomic E-state index is 13.2. The fraction of sp³-hybridized carbons (Fsp3) is 0.550. The summed E-state index contributed by atoms with van der Waals surface area (Å²) in [5, 5.41) is 5.80. The van der Waals surface area contributed by atoms with Gasteiger partial charge in [0.2, 0.25) is 5.91 Å². The highest BCUT2D eigenvalue weighted by molar-refractivity contribution is 6.09. The predicted molar refractivity (Wildman–Crippen MR) is 102 cm³/mol. The van der Waals surface area contributed by atoms with E-state index in [0.29, 0.717) is 24.3 Å². The van der Waals surface area contributed by atoms with Crippen LogP contribution in [0.3, 0.4) is 0 Å². The molecule has 150 valence electrons. The molecule has 4 rings (SSSR count). The molecule has 1 unspecified atom stereocenters. The highest BCUT2D eigenvalue weighted by Gasteiger charge is 2.55. The van der Waals surface area contributed by atoms with Gasteiger partial charge >= 0.3 is 6.03 Å². The van der Waals surface area contributed by atoms with Crippen molar-refractivity contribution in [2.24, 2.45) is 0 Å². The van der Waals surface area contributed by atoms with E-state index in [1.807, 2.05) is 12.1 Å². The molecule has 2 saturated heterocycles. The number of imide groups is 1. The van der Waals surface area contributed by atoms with Crippen molar-refractivity contribution in [3.8, 4) is 5.75 Å². The topological polar surface area (TPSA) is 91.0 Å². The number of fused-ring (bicyclic) bond motifs is 2. The molecule has 1 atom stereocenters. The number of para-hydroxylation sites is 1. The van der Waals surface area contributed by atoms with Crippen LogP contribution in [0.2, 0.25) is 0 Å². The van der Waals surface area contributed by atoms with E-state index >= 15 is 0 Å². The van der Waals surface area contributed by atoms with Crippen LogP contribution in [-0.2, 0) is 15.1 Å². The smallest absolute Gasteiger partial charge is 0.325 e. The highest BCUT2D eigenvalue weighted by Crippen LogP contribution is 2.40. The summed E-state index contributed by atoms with van der Waals surface area (Å²) in [6, 6.07) is 6.78. The zero-order valence-electron chi connectivity index (χ0n) is 16.1. The molecule has 0 aromatic heterocycles. The number of likely N-dealkylation sites (tertiary alicyclic amines) is 1. The van der Waals surface area contributed by atoms with Gasteiger partial charge in [-0.1, -0.05) is 25.1 Å². The summed E-state index contributed by atoms with van der Waals surface area (Å²) < 4.78 is 5.62. The van der Waals surface area contributed by atoms with Gasteiger partial charge in [-0.25, -0.2) is 4.79 Å². The van der Waals surface area contributed by atoms with Crippen LogP contribution in [-0.4, -0.2) is 66.5 Å². The van der Waals surface area contributed by atoms with Crippen molar-refractivity contribution < 1.29 is 19.1 Å². The Morgan fingerprint density at radius 1 is 1.29 bits per heavy atom. The van der Waals surface area contributed by atoms with Gasteiger partial charge in [-0.3, -0.25) is 14.5 Å². The molecule has 1 aromatic rings. The SMILES string of the molecule is CCN1CCC(NC(=O)CN2C(=O)NC3(CCOc4ccccc43)C2=O)CC1. The van der Waals surface area contributed by atoms with E-state index in [-0.39, 0.29) is 24.4 Å². The van der Waals surface area contributed by atoms with E-state index in [1.54, 1.807) is 12.1 Å². The number of piperidine rings is 1. The number of hydrogen-bond acceptors (Lipinski definition) is 5. The fourth-order valence-corrected chi connectivity index (χ4v) is 4.33. The molecule has 3 aliphatic rings. The Bertz CT molecular complexity index is 790. The molecule has 0 aliphatic carbocycles. The molecule has 8 nitrogen and oxygen atoms in total. The lowest BCUT2D eigenvalue weighted by Gasteiger charge is -2.33. The highest BCUT2D eigenvalue weighted by atomic mass is 16.5. The largest absolute Gasteiger partial charge is 0.493 e. The third kappa shape index (κ3) is 3.22. The van der Waals surface area contributed by atoms with Crippen LogP contribution in [0.15, 0.2) is 24.3 Å². The number of carbonyl (C=O) groups is 3. The molecular formula is C20H26N4O4. The molecule has 0 bridgehead atoms. The standard InChI is InChI=1S/C20H26N4O4/c1-2-23-10-7-14(8-11-23)21-17(25)13-24-18(26)20(22-19(24)27)9-12-28-16-6-4-3-5-15(16)20/h3-6,14H,2,7-13H2,1H3,(H,21,25)(H,22,27). The van der Waals surface area contributed by atoms with Crippen LogP contribution in [0.1, 0.15) is 31.7 Å². The first-order chi connectivity index (χ1) is 13.5. The van der Waals surface area contributed by atoms with E-state index in [9.17, 15) is 14.4 Å². The first kappa shape index (κ1) is 18.7. The first-order valence-corrected chi connectivity index (χ1v) is 9.91. The molecular weight excluding hydrogens is 360 g/mol. The molecule has 0 saturated carbocycles. The summed E-state index contributed by atoms with van der Waals surface area (Å²) in [4.78, 5) is 41.6. The van der Waals surface area contributed by atoms with Crippen LogP contribution < -0.4 is 15.4 Å². The number of nitrogens with zero attached hydrogens (tertiary/aromatic N) is 2. The molecule has 3 heterocycles. The number of carbonyl (C=O) groups excluding carboxylic acids is 3. The Morgan fingerprint density at radius 2 is 2.04 bits per heavy atom. The van der Waals surface area contributed by atoms with Crippen molar-refractivity contribution in [2.45, 2.75) is 37.8 Å². The van der Waals surface area contributed by atoms with Crippen molar-refractivity contribution in [1.82, 2.24) is 20.4 Å². The third-order valence-electron chi connectivity index (χ3n) is 5.96. The minimum Gasteiger partial charge on any atom is -0.493 e. The predicted octanol–water partition coefficient (Wildman–Crippen LogP) is 0.817. The lowest BCUT2D eigenvalue weighted by atomic mass is 9.84. The maximum atomic E-state index is 13.2. The van der Waals surface area contributed by atoms with Gasteiger partial charge in [0.25, 0.3) is 5.91 Å². The Balaban J connectivity index is 1.43. The normalized spacial score (nSPS) is 25.4. The van der Waals surface area contributed by atoms with Crippen LogP contribution >= 0.6 is 0 Å². The van der Waals surface area contributed by atoms with Gasteiger partial charge in [-0.15, -0.1) is 0 Å². The lowest BCUT2D eigenvalue weighted by molar-refractivity contribution is -0.136. The van der Waals surface area contributed by atoms with Gasteiger partial charge in [0.05, 0.1) is 6.61 Å². The number of ether oxygens (including phenoxy) is 1. The molecule has 1 aromatic carbocycles. The zero-order valence-corrected chi connectivity index (χ0v) is 16.1. The van der Waals surface area contributed by atoms with E-state index in [1.165, 1.54) is 0 Å². The minimum atomic E-state index is -1.14. The van der Waals surface area contributed by atoms with Crippen molar-refractivity contribution in [1.29, 1.82) is 0 Å². The number of nitrogens with one attached hydrogen (secondary N) is 2. The van der Waals surface area contributed by atoms with Crippen LogP contribution in [0.5, 0.6) is 5.75 Å². The van der Waals surface area contributed by atoms with Crippen LogP contribution in [0.25, 0.3) is 0 Å². The van der Waals surface area contributed by atoms with Crippen LogP contribution in [0, 0.1) is 0 Å². The maximum Gasteiger partial charge on any atom is 0.325 e. The summed E-state index contributed by atoms with van der Waals surface area (Å²) >= 11 is 0. The monoisotopic (exact) mass is 386 g/mol. The number of urea groups is 1. The molecule has 2 fully saturated rings. The average Bonchev–Trinajstić information content (AvgIpc) is 2.94. The molecule has 2 N–H and O–H groups in total. The summed E-state index contributed by atoms with van der Waals surface area (Å²) in [5.74, 6) is -0.0866. The van der Waals surface area contributed by atoms with Crippen molar-refractivity contribution in [3.05, 3.63) is 29.8 Å². The fourth-order valence-electron chi connectivity index (χ4n) is 4.33. The van der Waals surface area contributed by atoms with Crippen molar-refractivity contribution in [2.75, 3.05) is 32.8 Å². The zero-order chi connectivity index (χ0) is 19.7. The minimum absolute atomic E-state index is 0.0915. The van der Waals surface area contributed by atoms with Gasteiger partial charge in [0.1, 0.15) is 12.3 Å². The second kappa shape index (κ2) is 7.43. The van der Waals surface area contributed by atoms with Gasteiger partial charge in [0, 0.05) is 31.1 Å². The van der Waals surface area contributed by atoms with Crippen LogP contribution in [0.4, 0.5) is 4.79 Å². The first-order valence-electron chi connectivity index (χ1n) is 9.91. The van der Waals surface area contributed by atoms with E-state index < -0.39 is 11.6 Å². The van der Waals surface area contributed by atoms with Gasteiger partial charge in [-0.2, -0.15) is 0 Å². The Morgan fingerprint density at radius 3 is 2.79 bits per heavy atom. The summed E-state index contributed by atoms with van der Waals surface area (Å²) in [5.41, 5.74) is -0.493. The summed E-state index contributed by atoms with van der Waals surface area (Å²) in [6.45, 7) is 5.11. The molecule has 28 heavy (non-hydrogen) atoms. The second-order valence-electron chi connectivity index (χ2n) is 7.60. The van der Waals surface area contributed by atoms with E-state index in [2.05, 4.69) is 22.5 Å². The summed E-state index contributed by atoms with van der Waals surface area (Å²) in [6.07, 6.45) is 2.12. The number of amides is 4. The molecule has 4 amide bonds.